The molecule has 0 bridgehead atoms. The van der Waals surface area contributed by atoms with Crippen LogP contribution >= 0.6 is 0 Å². The van der Waals surface area contributed by atoms with Crippen LogP contribution in [0.25, 0.3) is 10.9 Å². The van der Waals surface area contributed by atoms with Gasteiger partial charge in [-0.1, -0.05) is 12.1 Å². The third-order valence-corrected chi connectivity index (χ3v) is 8.62. The number of rotatable bonds is 10. The van der Waals surface area contributed by atoms with Gasteiger partial charge in [0.25, 0.3) is 5.56 Å². The molecule has 0 spiro atoms. The molecular weight excluding hydrogens is 673 g/mol. The van der Waals surface area contributed by atoms with Gasteiger partial charge in [0.1, 0.15) is 22.9 Å². The first kappa shape index (κ1) is 37.4. The number of amides is 4. The molecule has 5 rings (SSSR count). The summed E-state index contributed by atoms with van der Waals surface area (Å²) in [5.41, 5.74) is -0.473. The zero-order chi connectivity index (χ0) is 37.7. The van der Waals surface area contributed by atoms with Gasteiger partial charge in [0.05, 0.1) is 56.0 Å². The molecule has 1 fully saturated rings. The summed E-state index contributed by atoms with van der Waals surface area (Å²) in [5, 5.41) is 7.64. The van der Waals surface area contributed by atoms with Gasteiger partial charge in [-0.25, -0.2) is 23.6 Å². The molecule has 1 atom stereocenters. The van der Waals surface area contributed by atoms with Crippen LogP contribution < -0.4 is 35.6 Å². The van der Waals surface area contributed by atoms with E-state index in [4.69, 9.17) is 19.2 Å². The predicted octanol–water partition coefficient (Wildman–Crippen LogP) is 5.54. The largest absolute Gasteiger partial charge is 0.497 e. The van der Waals surface area contributed by atoms with Crippen LogP contribution in [0.4, 0.5) is 25.4 Å². The molecule has 1 aliphatic rings. The van der Waals surface area contributed by atoms with Gasteiger partial charge in [0, 0.05) is 27.7 Å². The topological polar surface area (TPSA) is 148 Å². The van der Waals surface area contributed by atoms with Crippen LogP contribution in [0.2, 0.25) is 0 Å². The number of alkyl carbamates (subject to hydrolysis) is 1. The van der Waals surface area contributed by atoms with Gasteiger partial charge in [-0.15, -0.1) is 0 Å². The van der Waals surface area contributed by atoms with E-state index in [1.165, 1.54) is 48.1 Å². The molecule has 2 heterocycles. The summed E-state index contributed by atoms with van der Waals surface area (Å²) in [4.78, 5) is 62.4. The van der Waals surface area contributed by atoms with E-state index in [9.17, 15) is 23.6 Å². The normalized spacial score (nSPS) is 13.8. The van der Waals surface area contributed by atoms with Crippen molar-refractivity contribution in [2.24, 2.45) is 0 Å². The zero-order valence-electron chi connectivity index (χ0n) is 30.3. The Labute approximate surface area is 304 Å². The summed E-state index contributed by atoms with van der Waals surface area (Å²) in [5.74, 6) is 0.292. The minimum atomic E-state index is -1.25. The Hall–Kier alpha value is -5.86. The summed E-state index contributed by atoms with van der Waals surface area (Å²) >= 11 is 0. The minimum Gasteiger partial charge on any atom is -0.497 e. The number of fused-ring (bicyclic) bond motifs is 1. The number of anilines is 2. The second-order valence-corrected chi connectivity index (χ2v) is 13.1. The lowest BCUT2D eigenvalue weighted by molar-refractivity contribution is -0.137. The molecule has 1 saturated heterocycles. The average molecular weight is 722 g/mol. The van der Waals surface area contributed by atoms with Crippen LogP contribution in [-0.4, -0.2) is 84.6 Å². The van der Waals surface area contributed by atoms with E-state index in [0.29, 0.717) is 33.8 Å². The fourth-order valence-electron chi connectivity index (χ4n) is 6.04. The van der Waals surface area contributed by atoms with Gasteiger partial charge < -0.3 is 34.8 Å². The first-order chi connectivity index (χ1) is 24.7. The molecule has 15 heteroatoms. The van der Waals surface area contributed by atoms with Gasteiger partial charge in [-0.05, 0) is 83.1 Å². The molecule has 0 saturated carbocycles. The van der Waals surface area contributed by atoms with E-state index < -0.39 is 29.5 Å². The molecule has 52 heavy (non-hydrogen) atoms. The molecule has 4 aromatic rings. The maximum Gasteiger partial charge on any atom is 0.408 e. The fraction of sp³-hybridized carbons (Fsp3) is 0.378. The van der Waals surface area contributed by atoms with Gasteiger partial charge in [0.2, 0.25) is 5.91 Å². The van der Waals surface area contributed by atoms with Gasteiger partial charge in [-0.3, -0.25) is 14.5 Å². The molecule has 2 N–H and O–H groups in total. The van der Waals surface area contributed by atoms with Crippen molar-refractivity contribution in [2.75, 3.05) is 55.6 Å². The molecule has 4 amide bonds. The maximum absolute atomic E-state index is 14.3. The molecule has 1 aliphatic heterocycles. The summed E-state index contributed by atoms with van der Waals surface area (Å²) in [6.07, 6.45) is -1.04. The predicted molar refractivity (Wildman–Crippen MR) is 199 cm³/mol. The molecule has 14 nitrogen and oxygen atoms in total. The number of hydrogen-bond acceptors (Lipinski definition) is 9. The van der Waals surface area contributed by atoms with E-state index in [1.54, 1.807) is 87.0 Å². The highest BCUT2D eigenvalue weighted by atomic mass is 19.1. The van der Waals surface area contributed by atoms with E-state index >= 15 is 0 Å². The summed E-state index contributed by atoms with van der Waals surface area (Å²) < 4.78 is 31.5. The van der Waals surface area contributed by atoms with Crippen LogP contribution in [0.15, 0.2) is 71.5 Å². The Morgan fingerprint density at radius 3 is 2.25 bits per heavy atom. The highest BCUT2D eigenvalue weighted by Crippen LogP contribution is 2.37. The zero-order valence-corrected chi connectivity index (χ0v) is 30.3. The smallest absolute Gasteiger partial charge is 0.408 e. The monoisotopic (exact) mass is 721 g/mol. The number of para-hydroxylation sites is 1. The third-order valence-electron chi connectivity index (χ3n) is 8.62. The standard InChI is InChI=1S/C37H44FN7O7.2H2/c1-23(2)52-36(49)41-37(4,5)34(47)42-18-20-43(21-19-42)45-32(40-29-11-9-8-10-28(29)33(45)46)24(3)44(30-17-16-27(50-6)22-31(30)51-7)35(48)39-26-14-12-25(38)13-15-26;;/h8-17,22-24H,18-21H2,1-7H3,(H,39,48)(H,41,49);2*1H. The van der Waals surface area contributed by atoms with E-state index in [1.807, 2.05) is 0 Å². The summed E-state index contributed by atoms with van der Waals surface area (Å²) in [6.45, 7) is 9.35. The number of halogens is 1. The van der Waals surface area contributed by atoms with Crippen molar-refractivity contribution in [1.82, 2.24) is 19.9 Å². The lowest BCUT2D eigenvalue weighted by Gasteiger charge is -2.41. The number of hydrogen-bond donors (Lipinski definition) is 2. The highest BCUT2D eigenvalue weighted by molar-refractivity contribution is 6.03. The lowest BCUT2D eigenvalue weighted by Crippen LogP contribution is -2.62. The Morgan fingerprint density at radius 1 is 0.942 bits per heavy atom. The number of nitrogens with one attached hydrogen (secondary N) is 2. The van der Waals surface area contributed by atoms with Gasteiger partial charge in [-0.2, -0.15) is 0 Å². The van der Waals surface area contributed by atoms with Crippen LogP contribution in [0.3, 0.4) is 0 Å². The van der Waals surface area contributed by atoms with Crippen LogP contribution in [0, 0.1) is 5.82 Å². The Bertz CT molecular complexity index is 2010. The van der Waals surface area contributed by atoms with Crippen LogP contribution in [-0.2, 0) is 9.53 Å². The number of methoxy groups -OCH3 is 2. The van der Waals surface area contributed by atoms with Crippen molar-refractivity contribution >= 4 is 40.3 Å². The number of piperazine rings is 1. The molecule has 3 aromatic carbocycles. The highest BCUT2D eigenvalue weighted by Gasteiger charge is 2.37. The van der Waals surface area contributed by atoms with E-state index in [0.717, 1.165) is 0 Å². The lowest BCUT2D eigenvalue weighted by atomic mass is 10.0. The van der Waals surface area contributed by atoms with Crippen LogP contribution in [0.1, 0.15) is 49.3 Å². The molecule has 0 radical (unpaired) electrons. The Kier molecular flexibility index (Phi) is 11.2. The van der Waals surface area contributed by atoms with Gasteiger partial charge in [0.15, 0.2) is 5.82 Å². The maximum atomic E-state index is 14.3. The Balaban J connectivity index is 0.00000392. The van der Waals surface area contributed by atoms with Crippen molar-refractivity contribution in [3.63, 3.8) is 0 Å². The van der Waals surface area contributed by atoms with Crippen molar-refractivity contribution < 1.29 is 35.8 Å². The SMILES string of the molecule is COc1ccc(N(C(=O)Nc2ccc(F)cc2)C(C)c2nc3ccccc3c(=O)n2N2CCN(C(=O)C(C)(C)NC(=O)OC(C)C)CC2)c(OC)c1.[HH].[HH]. The number of ether oxygens (including phenoxy) is 3. The number of benzene rings is 3. The number of carbonyl (C=O) groups excluding carboxylic acids is 3. The molecule has 280 valence electrons. The quantitative estimate of drug-likeness (QED) is 0.216. The molecule has 1 aromatic heterocycles. The summed E-state index contributed by atoms with van der Waals surface area (Å²) in [7, 11) is 2.98. The number of nitrogens with zero attached hydrogens (tertiary/aromatic N) is 5. The first-order valence-electron chi connectivity index (χ1n) is 16.9. The minimum absolute atomic E-state index is 0. The first-order valence-corrected chi connectivity index (χ1v) is 16.9. The van der Waals surface area contributed by atoms with Crippen molar-refractivity contribution in [1.29, 1.82) is 0 Å². The number of urea groups is 1. The second kappa shape index (κ2) is 15.6. The summed E-state index contributed by atoms with van der Waals surface area (Å²) in [6, 6.07) is 15.8. The second-order valence-electron chi connectivity index (χ2n) is 13.1. The van der Waals surface area contributed by atoms with Crippen LogP contribution in [0.5, 0.6) is 11.5 Å². The van der Waals surface area contributed by atoms with Crippen molar-refractivity contribution in [2.45, 2.75) is 52.3 Å². The molecular formula is C37H48FN7O7. The van der Waals surface area contributed by atoms with Crippen molar-refractivity contribution in [3.05, 3.63) is 88.7 Å². The third kappa shape index (κ3) is 8.03. The fourth-order valence-corrected chi connectivity index (χ4v) is 6.04. The van der Waals surface area contributed by atoms with Gasteiger partial charge >= 0.3 is 12.1 Å². The molecule has 1 unspecified atom stereocenters. The van der Waals surface area contributed by atoms with E-state index in [-0.39, 0.29) is 52.4 Å². The average Bonchev–Trinajstić information content (AvgIpc) is 3.11. The number of carbonyl (C=O) groups is 3. The molecule has 0 aliphatic carbocycles. The number of aromatic nitrogens is 2. The Morgan fingerprint density at radius 2 is 1.62 bits per heavy atom. The van der Waals surface area contributed by atoms with Crippen molar-refractivity contribution in [3.8, 4) is 11.5 Å². The van der Waals surface area contributed by atoms with E-state index in [2.05, 4.69) is 10.6 Å².